The second-order valence-electron chi connectivity index (χ2n) is 5.64. The summed E-state index contributed by atoms with van der Waals surface area (Å²) >= 11 is 0. The summed E-state index contributed by atoms with van der Waals surface area (Å²) in [5.74, 6) is 0.544. The van der Waals surface area contributed by atoms with Crippen LogP contribution in [0.5, 0.6) is 0 Å². The molecule has 0 aliphatic heterocycles. The van der Waals surface area contributed by atoms with Crippen LogP contribution in [-0.4, -0.2) is 11.1 Å². The summed E-state index contributed by atoms with van der Waals surface area (Å²) in [5, 5.41) is 4.04. The van der Waals surface area contributed by atoms with Crippen LogP contribution in [0.4, 0.5) is 0 Å². The van der Waals surface area contributed by atoms with Crippen LogP contribution in [0.3, 0.4) is 0 Å². The van der Waals surface area contributed by atoms with Gasteiger partial charge in [0.15, 0.2) is 12.4 Å². The number of hydrogen-bond donors (Lipinski definition) is 0. The van der Waals surface area contributed by atoms with Gasteiger partial charge in [0.1, 0.15) is 5.69 Å². The van der Waals surface area contributed by atoms with Crippen molar-refractivity contribution in [1.29, 1.82) is 0 Å². The first kappa shape index (κ1) is 13.9. The summed E-state index contributed by atoms with van der Waals surface area (Å²) in [6.45, 7) is 2.20. The van der Waals surface area contributed by atoms with Gasteiger partial charge in [-0.05, 0) is 25.8 Å². The Morgan fingerprint density at radius 3 is 2.90 bits per heavy atom. The lowest BCUT2D eigenvalue weighted by atomic mass is 10.1. The van der Waals surface area contributed by atoms with Gasteiger partial charge in [0, 0.05) is 11.6 Å². The van der Waals surface area contributed by atoms with Gasteiger partial charge in [-0.1, -0.05) is 41.8 Å². The first-order valence-electron chi connectivity index (χ1n) is 7.41. The van der Waals surface area contributed by atoms with Gasteiger partial charge in [-0.3, -0.25) is 4.79 Å². The van der Waals surface area contributed by atoms with Crippen molar-refractivity contribution >= 4 is 5.97 Å². The van der Waals surface area contributed by atoms with Gasteiger partial charge in [0.25, 0.3) is 0 Å². The van der Waals surface area contributed by atoms with Gasteiger partial charge in [0.2, 0.25) is 0 Å². The Morgan fingerprint density at radius 1 is 1.33 bits per heavy atom. The molecular weight excluding hydrogens is 266 g/mol. The molecule has 1 saturated carbocycles. The summed E-state index contributed by atoms with van der Waals surface area (Å²) in [6, 6.07) is 9.88. The number of aryl methyl sites for hydroxylation is 1. The van der Waals surface area contributed by atoms with Crippen LogP contribution < -0.4 is 0 Å². The fourth-order valence-corrected chi connectivity index (χ4v) is 2.74. The molecule has 0 spiro atoms. The number of ether oxygens (including phenoxy) is 1. The summed E-state index contributed by atoms with van der Waals surface area (Å²) in [4.78, 5) is 11.9. The quantitative estimate of drug-likeness (QED) is 0.800. The van der Waals surface area contributed by atoms with Crippen molar-refractivity contribution in [3.8, 4) is 11.3 Å². The normalized spacial score (nSPS) is 15.3. The van der Waals surface area contributed by atoms with E-state index in [1.807, 2.05) is 37.3 Å². The van der Waals surface area contributed by atoms with Crippen LogP contribution in [-0.2, 0) is 16.1 Å². The molecule has 0 saturated heterocycles. The third-order valence-corrected chi connectivity index (χ3v) is 3.92. The molecule has 1 heterocycles. The number of carbonyl (C=O) groups is 1. The van der Waals surface area contributed by atoms with Crippen molar-refractivity contribution < 1.29 is 14.1 Å². The molecular formula is C17H19NO3. The SMILES string of the molecule is Cc1cccc(-c2cc(COC(=O)C3CCCC3)on2)c1. The molecule has 2 aromatic rings. The summed E-state index contributed by atoms with van der Waals surface area (Å²) in [5.41, 5.74) is 2.95. The largest absolute Gasteiger partial charge is 0.457 e. The number of nitrogens with zero attached hydrogens (tertiary/aromatic N) is 1. The Morgan fingerprint density at radius 2 is 2.14 bits per heavy atom. The van der Waals surface area contributed by atoms with Gasteiger partial charge in [-0.15, -0.1) is 0 Å². The van der Waals surface area contributed by atoms with E-state index >= 15 is 0 Å². The highest BCUT2D eigenvalue weighted by Crippen LogP contribution is 2.26. The fourth-order valence-electron chi connectivity index (χ4n) is 2.74. The van der Waals surface area contributed by atoms with E-state index in [0.717, 1.165) is 36.9 Å². The van der Waals surface area contributed by atoms with E-state index in [1.54, 1.807) is 0 Å². The van der Waals surface area contributed by atoms with E-state index in [0.29, 0.717) is 5.76 Å². The third-order valence-electron chi connectivity index (χ3n) is 3.92. The minimum atomic E-state index is -0.110. The van der Waals surface area contributed by atoms with E-state index in [-0.39, 0.29) is 18.5 Å². The maximum atomic E-state index is 11.9. The third kappa shape index (κ3) is 3.32. The Bertz CT molecular complexity index is 626. The highest BCUT2D eigenvalue weighted by Gasteiger charge is 2.24. The first-order chi connectivity index (χ1) is 10.2. The fraction of sp³-hybridized carbons (Fsp3) is 0.412. The van der Waals surface area contributed by atoms with Crippen LogP contribution in [0.25, 0.3) is 11.3 Å². The number of carbonyl (C=O) groups excluding carboxylic acids is 1. The minimum absolute atomic E-state index is 0.0733. The molecule has 0 bridgehead atoms. The Labute approximate surface area is 124 Å². The maximum Gasteiger partial charge on any atom is 0.309 e. The molecule has 0 atom stereocenters. The van der Waals surface area contributed by atoms with Gasteiger partial charge < -0.3 is 9.26 Å². The van der Waals surface area contributed by atoms with Crippen LogP contribution >= 0.6 is 0 Å². The average molecular weight is 285 g/mol. The molecule has 1 aromatic heterocycles. The minimum Gasteiger partial charge on any atom is -0.457 e. The first-order valence-corrected chi connectivity index (χ1v) is 7.41. The second-order valence-corrected chi connectivity index (χ2v) is 5.64. The Balaban J connectivity index is 1.61. The van der Waals surface area contributed by atoms with Gasteiger partial charge >= 0.3 is 5.97 Å². The van der Waals surface area contributed by atoms with Crippen molar-refractivity contribution in [3.63, 3.8) is 0 Å². The van der Waals surface area contributed by atoms with Crippen LogP contribution in [0.15, 0.2) is 34.9 Å². The molecule has 3 rings (SSSR count). The standard InChI is InChI=1S/C17H19NO3/c1-12-5-4-8-14(9-12)16-10-15(21-18-16)11-20-17(19)13-6-2-3-7-13/h4-5,8-10,13H,2-3,6-7,11H2,1H3. The topological polar surface area (TPSA) is 52.3 Å². The van der Waals surface area contributed by atoms with Gasteiger partial charge in [-0.2, -0.15) is 0 Å². The summed E-state index contributed by atoms with van der Waals surface area (Å²) in [7, 11) is 0. The maximum absolute atomic E-state index is 11.9. The van der Waals surface area contributed by atoms with Crippen LogP contribution in [0.1, 0.15) is 37.0 Å². The molecule has 21 heavy (non-hydrogen) atoms. The monoisotopic (exact) mass is 285 g/mol. The molecule has 0 amide bonds. The average Bonchev–Trinajstić information content (AvgIpc) is 3.16. The van der Waals surface area contributed by atoms with Crippen LogP contribution in [0.2, 0.25) is 0 Å². The van der Waals surface area contributed by atoms with Crippen molar-refractivity contribution in [2.75, 3.05) is 0 Å². The molecule has 4 heteroatoms. The number of benzene rings is 1. The van der Waals surface area contributed by atoms with Crippen molar-refractivity contribution in [1.82, 2.24) is 5.16 Å². The van der Waals surface area contributed by atoms with Crippen molar-refractivity contribution in [2.24, 2.45) is 5.92 Å². The Hall–Kier alpha value is -2.10. The second kappa shape index (κ2) is 6.12. The number of aromatic nitrogens is 1. The van der Waals surface area contributed by atoms with Crippen molar-refractivity contribution in [3.05, 3.63) is 41.7 Å². The van der Waals surface area contributed by atoms with E-state index in [9.17, 15) is 4.79 Å². The number of esters is 1. The zero-order chi connectivity index (χ0) is 14.7. The molecule has 0 unspecified atom stereocenters. The van der Waals surface area contributed by atoms with E-state index in [4.69, 9.17) is 9.26 Å². The smallest absolute Gasteiger partial charge is 0.309 e. The highest BCUT2D eigenvalue weighted by atomic mass is 16.5. The molecule has 0 N–H and O–H groups in total. The number of hydrogen-bond acceptors (Lipinski definition) is 4. The molecule has 4 nitrogen and oxygen atoms in total. The molecule has 0 radical (unpaired) electrons. The lowest BCUT2D eigenvalue weighted by Crippen LogP contribution is -2.14. The summed E-state index contributed by atoms with van der Waals surface area (Å²) < 4.78 is 10.6. The number of rotatable bonds is 4. The zero-order valence-electron chi connectivity index (χ0n) is 12.2. The summed E-state index contributed by atoms with van der Waals surface area (Å²) in [6.07, 6.45) is 4.15. The molecule has 1 aliphatic carbocycles. The molecule has 1 aliphatic rings. The lowest BCUT2D eigenvalue weighted by Gasteiger charge is -2.07. The van der Waals surface area contributed by atoms with Gasteiger partial charge in [-0.25, -0.2) is 0 Å². The van der Waals surface area contributed by atoms with Crippen molar-refractivity contribution in [2.45, 2.75) is 39.2 Å². The lowest BCUT2D eigenvalue weighted by molar-refractivity contribution is -0.150. The zero-order valence-corrected chi connectivity index (χ0v) is 12.2. The molecule has 110 valence electrons. The predicted molar refractivity (Wildman–Crippen MR) is 78.4 cm³/mol. The molecule has 1 fully saturated rings. The Kier molecular flexibility index (Phi) is 4.04. The van der Waals surface area contributed by atoms with Gasteiger partial charge in [0.05, 0.1) is 5.92 Å². The van der Waals surface area contributed by atoms with E-state index in [2.05, 4.69) is 5.16 Å². The van der Waals surface area contributed by atoms with E-state index < -0.39 is 0 Å². The van der Waals surface area contributed by atoms with E-state index in [1.165, 1.54) is 5.56 Å². The van der Waals surface area contributed by atoms with Crippen LogP contribution in [0, 0.1) is 12.8 Å². The predicted octanol–water partition coefficient (Wildman–Crippen LogP) is 3.88. The highest BCUT2D eigenvalue weighted by molar-refractivity contribution is 5.72. The molecule has 1 aromatic carbocycles.